The van der Waals surface area contributed by atoms with Gasteiger partial charge in [0.2, 0.25) is 5.89 Å². The number of piperazine rings is 1. The van der Waals surface area contributed by atoms with Gasteiger partial charge in [-0.1, -0.05) is 36.4 Å². The number of hydrogen-bond donors (Lipinski definition) is 1. The second-order valence-corrected chi connectivity index (χ2v) is 7.17. The quantitative estimate of drug-likeness (QED) is 0.666. The van der Waals surface area contributed by atoms with Crippen molar-refractivity contribution in [3.8, 4) is 0 Å². The largest absolute Gasteiger partial charge is 0.447 e. The Morgan fingerprint density at radius 1 is 0.966 bits per heavy atom. The Morgan fingerprint density at radius 2 is 1.69 bits per heavy atom. The van der Waals surface area contributed by atoms with E-state index >= 15 is 0 Å². The molecule has 0 spiro atoms. The Kier molecular flexibility index (Phi) is 6.29. The zero-order valence-electron chi connectivity index (χ0n) is 16.3. The van der Waals surface area contributed by atoms with E-state index in [1.807, 2.05) is 48.7 Å². The van der Waals surface area contributed by atoms with Crippen LogP contribution in [0.25, 0.3) is 0 Å². The molecule has 1 amide bonds. The zero-order chi connectivity index (χ0) is 19.9. The molecule has 4 rings (SSSR count). The van der Waals surface area contributed by atoms with Crippen molar-refractivity contribution in [2.75, 3.05) is 26.2 Å². The number of nitrogens with zero attached hydrogens (tertiary/aromatic N) is 4. The van der Waals surface area contributed by atoms with Gasteiger partial charge in [0, 0.05) is 45.5 Å². The van der Waals surface area contributed by atoms with E-state index in [1.54, 1.807) is 0 Å². The molecule has 1 aliphatic rings. The lowest BCUT2D eigenvalue weighted by Crippen LogP contribution is -2.45. The van der Waals surface area contributed by atoms with Crippen LogP contribution in [0.2, 0.25) is 0 Å². The lowest BCUT2D eigenvalue weighted by atomic mass is 10.2. The lowest BCUT2D eigenvalue weighted by molar-refractivity contribution is 0.0945. The molecule has 7 nitrogen and oxygen atoms in total. The SMILES string of the molecule is O=C(NCc1ccccc1)c1coc(CN2CCN(Cc3ccccn3)CC2)n1. The molecule has 0 aliphatic carbocycles. The van der Waals surface area contributed by atoms with Crippen molar-refractivity contribution in [2.24, 2.45) is 0 Å². The van der Waals surface area contributed by atoms with E-state index in [0.717, 1.165) is 44.0 Å². The molecule has 0 radical (unpaired) electrons. The van der Waals surface area contributed by atoms with Crippen molar-refractivity contribution in [1.82, 2.24) is 25.1 Å². The van der Waals surface area contributed by atoms with Crippen LogP contribution in [0.15, 0.2) is 65.4 Å². The van der Waals surface area contributed by atoms with Crippen molar-refractivity contribution in [1.29, 1.82) is 0 Å². The lowest BCUT2D eigenvalue weighted by Gasteiger charge is -2.33. The molecular weight excluding hydrogens is 366 g/mol. The fourth-order valence-electron chi connectivity index (χ4n) is 3.37. The predicted molar refractivity (Wildman–Crippen MR) is 109 cm³/mol. The fraction of sp³-hybridized carbons (Fsp3) is 0.318. The average Bonchev–Trinajstić information content (AvgIpc) is 3.23. The summed E-state index contributed by atoms with van der Waals surface area (Å²) >= 11 is 0. The summed E-state index contributed by atoms with van der Waals surface area (Å²) in [5, 5.41) is 2.87. The Bertz CT molecular complexity index is 905. The van der Waals surface area contributed by atoms with Gasteiger partial charge in [0.05, 0.1) is 12.2 Å². The number of carbonyl (C=O) groups excluding carboxylic acids is 1. The number of pyridine rings is 1. The van der Waals surface area contributed by atoms with E-state index in [9.17, 15) is 4.79 Å². The third-order valence-corrected chi connectivity index (χ3v) is 5.02. The summed E-state index contributed by atoms with van der Waals surface area (Å²) in [6.45, 7) is 5.78. The molecule has 3 heterocycles. The molecule has 29 heavy (non-hydrogen) atoms. The summed E-state index contributed by atoms with van der Waals surface area (Å²) in [5.41, 5.74) is 2.47. The summed E-state index contributed by atoms with van der Waals surface area (Å²) in [4.78, 5) is 25.7. The number of aromatic nitrogens is 2. The molecule has 7 heteroatoms. The van der Waals surface area contributed by atoms with E-state index in [2.05, 4.69) is 31.2 Å². The monoisotopic (exact) mass is 391 g/mol. The van der Waals surface area contributed by atoms with E-state index in [-0.39, 0.29) is 5.91 Å². The first-order valence-corrected chi connectivity index (χ1v) is 9.87. The first kappa shape index (κ1) is 19.3. The van der Waals surface area contributed by atoms with Crippen molar-refractivity contribution in [3.05, 3.63) is 83.8 Å². The van der Waals surface area contributed by atoms with Crippen LogP contribution in [0.5, 0.6) is 0 Å². The van der Waals surface area contributed by atoms with Gasteiger partial charge in [-0.05, 0) is 17.7 Å². The highest BCUT2D eigenvalue weighted by Gasteiger charge is 2.20. The summed E-state index contributed by atoms with van der Waals surface area (Å²) in [6, 6.07) is 15.8. The number of hydrogen-bond acceptors (Lipinski definition) is 6. The van der Waals surface area contributed by atoms with E-state index < -0.39 is 0 Å². The molecule has 1 aromatic carbocycles. The van der Waals surface area contributed by atoms with Crippen LogP contribution in [-0.4, -0.2) is 51.9 Å². The van der Waals surface area contributed by atoms with Crippen molar-refractivity contribution < 1.29 is 9.21 Å². The molecule has 0 atom stereocenters. The van der Waals surface area contributed by atoms with Crippen LogP contribution >= 0.6 is 0 Å². The van der Waals surface area contributed by atoms with Crippen molar-refractivity contribution >= 4 is 5.91 Å². The van der Waals surface area contributed by atoms with Crippen LogP contribution < -0.4 is 5.32 Å². The number of nitrogens with one attached hydrogen (secondary N) is 1. The maximum Gasteiger partial charge on any atom is 0.273 e. The number of rotatable bonds is 7. The second kappa shape index (κ2) is 9.45. The van der Waals surface area contributed by atoms with E-state index in [0.29, 0.717) is 24.7 Å². The van der Waals surface area contributed by atoms with Crippen LogP contribution in [0.3, 0.4) is 0 Å². The topological polar surface area (TPSA) is 74.5 Å². The molecule has 150 valence electrons. The van der Waals surface area contributed by atoms with E-state index in [4.69, 9.17) is 4.42 Å². The zero-order valence-corrected chi connectivity index (χ0v) is 16.3. The van der Waals surface area contributed by atoms with Crippen molar-refractivity contribution in [3.63, 3.8) is 0 Å². The summed E-state index contributed by atoms with van der Waals surface area (Å²) < 4.78 is 5.53. The highest BCUT2D eigenvalue weighted by molar-refractivity contribution is 5.91. The van der Waals surface area contributed by atoms with Crippen LogP contribution in [0.1, 0.15) is 27.6 Å². The Hall–Kier alpha value is -3.03. The highest BCUT2D eigenvalue weighted by Crippen LogP contribution is 2.11. The minimum Gasteiger partial charge on any atom is -0.447 e. The van der Waals surface area contributed by atoms with Gasteiger partial charge >= 0.3 is 0 Å². The van der Waals surface area contributed by atoms with Crippen LogP contribution in [0.4, 0.5) is 0 Å². The standard InChI is InChI=1S/C22H25N5O2/c28-22(24-14-18-6-2-1-3-7-18)20-17-29-21(25-20)16-27-12-10-26(11-13-27)15-19-8-4-5-9-23-19/h1-9,17H,10-16H2,(H,24,28). The first-order chi connectivity index (χ1) is 14.3. The van der Waals surface area contributed by atoms with Gasteiger partial charge in [-0.2, -0.15) is 0 Å². The first-order valence-electron chi connectivity index (χ1n) is 9.87. The van der Waals surface area contributed by atoms with Gasteiger partial charge in [0.1, 0.15) is 6.26 Å². The normalized spacial score (nSPS) is 15.3. The molecule has 2 aromatic heterocycles. The number of carbonyl (C=O) groups is 1. The number of amides is 1. The highest BCUT2D eigenvalue weighted by atomic mass is 16.3. The van der Waals surface area contributed by atoms with Gasteiger partial charge in [-0.3, -0.25) is 19.6 Å². The second-order valence-electron chi connectivity index (χ2n) is 7.17. The van der Waals surface area contributed by atoms with Gasteiger partial charge < -0.3 is 9.73 Å². The van der Waals surface area contributed by atoms with Crippen LogP contribution in [-0.2, 0) is 19.6 Å². The molecule has 3 aromatic rings. The third-order valence-electron chi connectivity index (χ3n) is 5.02. The summed E-state index contributed by atoms with van der Waals surface area (Å²) in [6.07, 6.45) is 3.27. The third kappa shape index (κ3) is 5.49. The molecule has 0 unspecified atom stereocenters. The number of benzene rings is 1. The maximum absolute atomic E-state index is 12.3. The fourth-order valence-corrected chi connectivity index (χ4v) is 3.37. The Balaban J connectivity index is 1.23. The summed E-state index contributed by atoms with van der Waals surface area (Å²) in [7, 11) is 0. The Morgan fingerprint density at radius 3 is 2.41 bits per heavy atom. The maximum atomic E-state index is 12.3. The van der Waals surface area contributed by atoms with Crippen LogP contribution in [0, 0.1) is 0 Å². The number of oxazole rings is 1. The minimum absolute atomic E-state index is 0.218. The molecule has 1 fully saturated rings. The van der Waals surface area contributed by atoms with E-state index in [1.165, 1.54) is 6.26 Å². The van der Waals surface area contributed by atoms with Gasteiger partial charge in [0.15, 0.2) is 5.69 Å². The average molecular weight is 391 g/mol. The minimum atomic E-state index is -0.218. The molecule has 0 saturated carbocycles. The summed E-state index contributed by atoms with van der Waals surface area (Å²) in [5.74, 6) is 0.358. The smallest absolute Gasteiger partial charge is 0.273 e. The molecule has 1 N–H and O–H groups in total. The molecule has 0 bridgehead atoms. The molecular formula is C22H25N5O2. The van der Waals surface area contributed by atoms with Gasteiger partial charge in [0.25, 0.3) is 5.91 Å². The molecule has 1 aliphatic heterocycles. The van der Waals surface area contributed by atoms with Crippen molar-refractivity contribution in [2.45, 2.75) is 19.6 Å². The Labute approximate surface area is 170 Å². The van der Waals surface area contributed by atoms with Gasteiger partial charge in [-0.25, -0.2) is 4.98 Å². The molecule has 1 saturated heterocycles. The predicted octanol–water partition coefficient (Wildman–Crippen LogP) is 2.32. The van der Waals surface area contributed by atoms with Gasteiger partial charge in [-0.15, -0.1) is 0 Å².